The number of anilines is 1. The van der Waals surface area contributed by atoms with Crippen LogP contribution in [0, 0.1) is 6.92 Å². The molecule has 7 heteroatoms. The van der Waals surface area contributed by atoms with Crippen LogP contribution in [0.2, 0.25) is 0 Å². The zero-order valence-electron chi connectivity index (χ0n) is 17.7. The van der Waals surface area contributed by atoms with E-state index in [-0.39, 0.29) is 22.7 Å². The Morgan fingerprint density at radius 2 is 1.88 bits per heavy atom. The van der Waals surface area contributed by atoms with Crippen molar-refractivity contribution in [1.82, 2.24) is 9.97 Å². The average molecular weight is 427 g/mol. The summed E-state index contributed by atoms with van der Waals surface area (Å²) in [5.74, 6) is 0.438. The van der Waals surface area contributed by atoms with Crippen molar-refractivity contribution in [2.45, 2.75) is 26.3 Å². The van der Waals surface area contributed by atoms with Crippen LogP contribution < -0.4 is 15.1 Å². The van der Waals surface area contributed by atoms with Crippen LogP contribution in [0.25, 0.3) is 11.0 Å². The standard InChI is InChI=1S/C25H21N3O4/c1-3-12-31-17-7-4-6-16(14-17)21-20-22(29)18-13-15(2)8-9-19(18)32-23(20)24(30)28(21)25-26-10-5-11-27-25/h4-11,13-14,21H,3,12H2,1-2H3. The van der Waals surface area contributed by atoms with Gasteiger partial charge in [-0.1, -0.05) is 30.7 Å². The highest BCUT2D eigenvalue weighted by molar-refractivity contribution is 6.09. The lowest BCUT2D eigenvalue weighted by Gasteiger charge is -2.23. The number of aromatic nitrogens is 2. The van der Waals surface area contributed by atoms with E-state index >= 15 is 0 Å². The molecule has 0 saturated carbocycles. The van der Waals surface area contributed by atoms with Crippen LogP contribution in [-0.4, -0.2) is 22.5 Å². The SMILES string of the molecule is CCCOc1cccc(C2c3c(oc4ccc(C)cc4c3=O)C(=O)N2c2ncccn2)c1. The van der Waals surface area contributed by atoms with Crippen molar-refractivity contribution in [2.75, 3.05) is 11.5 Å². The number of carbonyl (C=O) groups is 1. The maximum absolute atomic E-state index is 13.6. The van der Waals surface area contributed by atoms with Crippen LogP contribution >= 0.6 is 0 Å². The summed E-state index contributed by atoms with van der Waals surface area (Å²) in [5, 5.41) is 0.441. The van der Waals surface area contributed by atoms with E-state index in [1.165, 1.54) is 4.90 Å². The monoisotopic (exact) mass is 427 g/mol. The van der Waals surface area contributed by atoms with E-state index < -0.39 is 11.9 Å². The van der Waals surface area contributed by atoms with Crippen molar-refractivity contribution in [3.8, 4) is 5.75 Å². The molecule has 1 unspecified atom stereocenters. The second-order valence-electron chi connectivity index (χ2n) is 7.72. The lowest BCUT2D eigenvalue weighted by Crippen LogP contribution is -2.31. The third-order valence-corrected chi connectivity index (χ3v) is 5.44. The Labute approximate surface area is 184 Å². The number of nitrogens with zero attached hydrogens (tertiary/aromatic N) is 3. The minimum absolute atomic E-state index is 0.0173. The number of fused-ring (bicyclic) bond motifs is 2. The summed E-state index contributed by atoms with van der Waals surface area (Å²) in [5.41, 5.74) is 2.08. The fourth-order valence-corrected chi connectivity index (χ4v) is 4.02. The number of hydrogen-bond donors (Lipinski definition) is 0. The molecule has 1 aliphatic heterocycles. The Hall–Kier alpha value is -4.00. The van der Waals surface area contributed by atoms with Crippen LogP contribution in [0.1, 0.15) is 46.6 Å². The van der Waals surface area contributed by atoms with Gasteiger partial charge in [0.25, 0.3) is 5.91 Å². The number of amides is 1. The molecule has 1 aliphatic rings. The van der Waals surface area contributed by atoms with Gasteiger partial charge in [-0.05, 0) is 49.2 Å². The van der Waals surface area contributed by atoms with E-state index in [0.717, 1.165) is 17.5 Å². The van der Waals surface area contributed by atoms with Crippen molar-refractivity contribution in [1.29, 1.82) is 0 Å². The molecule has 7 nitrogen and oxygen atoms in total. The first-order valence-electron chi connectivity index (χ1n) is 10.5. The van der Waals surface area contributed by atoms with Crippen molar-refractivity contribution >= 4 is 22.8 Å². The zero-order valence-corrected chi connectivity index (χ0v) is 17.7. The lowest BCUT2D eigenvalue weighted by molar-refractivity contribution is 0.0969. The summed E-state index contributed by atoms with van der Waals surface area (Å²) in [6.45, 7) is 4.51. The lowest BCUT2D eigenvalue weighted by atomic mass is 9.98. The molecule has 0 N–H and O–H groups in total. The van der Waals surface area contributed by atoms with E-state index in [1.54, 1.807) is 30.6 Å². The third kappa shape index (κ3) is 3.22. The highest BCUT2D eigenvalue weighted by atomic mass is 16.5. The maximum Gasteiger partial charge on any atom is 0.297 e. The Balaban J connectivity index is 1.76. The van der Waals surface area contributed by atoms with E-state index in [1.807, 2.05) is 44.2 Å². The summed E-state index contributed by atoms with van der Waals surface area (Å²) >= 11 is 0. The molecule has 0 spiro atoms. The Morgan fingerprint density at radius 3 is 2.66 bits per heavy atom. The van der Waals surface area contributed by atoms with Gasteiger partial charge in [0.2, 0.25) is 11.7 Å². The van der Waals surface area contributed by atoms with E-state index in [2.05, 4.69) is 9.97 Å². The molecule has 2 aromatic heterocycles. The maximum atomic E-state index is 13.6. The van der Waals surface area contributed by atoms with Crippen LogP contribution in [-0.2, 0) is 0 Å². The quantitative estimate of drug-likeness (QED) is 0.468. The number of hydrogen-bond acceptors (Lipinski definition) is 6. The first-order valence-corrected chi connectivity index (χ1v) is 10.5. The molecule has 0 radical (unpaired) electrons. The van der Waals surface area contributed by atoms with Crippen molar-refractivity contribution in [3.63, 3.8) is 0 Å². The number of rotatable bonds is 5. The van der Waals surface area contributed by atoms with Gasteiger partial charge in [0.05, 0.1) is 23.6 Å². The minimum atomic E-state index is -0.730. The Bertz CT molecular complexity index is 1380. The Kier molecular flexibility index (Phi) is 4.93. The van der Waals surface area contributed by atoms with Gasteiger partial charge in [0, 0.05) is 12.4 Å². The van der Waals surface area contributed by atoms with Gasteiger partial charge in [0.15, 0.2) is 5.43 Å². The smallest absolute Gasteiger partial charge is 0.297 e. The summed E-state index contributed by atoms with van der Waals surface area (Å²) in [4.78, 5) is 37.1. The van der Waals surface area contributed by atoms with E-state index in [9.17, 15) is 9.59 Å². The summed E-state index contributed by atoms with van der Waals surface area (Å²) in [7, 11) is 0. The number of carbonyl (C=O) groups excluding carboxylic acids is 1. The van der Waals surface area contributed by atoms with Gasteiger partial charge >= 0.3 is 0 Å². The van der Waals surface area contributed by atoms with Crippen LogP contribution in [0.15, 0.2) is 70.1 Å². The summed E-state index contributed by atoms with van der Waals surface area (Å²) in [6.07, 6.45) is 3.99. The Morgan fingerprint density at radius 1 is 1.06 bits per heavy atom. The van der Waals surface area contributed by atoms with Gasteiger partial charge in [-0.3, -0.25) is 14.5 Å². The predicted octanol–water partition coefficient (Wildman–Crippen LogP) is 4.43. The molecule has 160 valence electrons. The topological polar surface area (TPSA) is 85.5 Å². The second-order valence-corrected chi connectivity index (χ2v) is 7.72. The highest BCUT2D eigenvalue weighted by Crippen LogP contribution is 2.40. The molecule has 1 atom stereocenters. The molecule has 32 heavy (non-hydrogen) atoms. The number of benzene rings is 2. The molecule has 2 aromatic carbocycles. The molecule has 0 fully saturated rings. The normalized spacial score (nSPS) is 15.2. The van der Waals surface area contributed by atoms with Gasteiger partial charge in [-0.2, -0.15) is 0 Å². The molecule has 0 saturated heterocycles. The molecule has 4 aromatic rings. The largest absolute Gasteiger partial charge is 0.494 e. The van der Waals surface area contributed by atoms with Crippen LogP contribution in [0.4, 0.5) is 5.95 Å². The van der Waals surface area contributed by atoms with Crippen LogP contribution in [0.5, 0.6) is 5.75 Å². The van der Waals surface area contributed by atoms with Gasteiger partial charge in [-0.15, -0.1) is 0 Å². The molecular formula is C25H21N3O4. The minimum Gasteiger partial charge on any atom is -0.494 e. The van der Waals surface area contributed by atoms with Gasteiger partial charge < -0.3 is 9.15 Å². The second kappa shape index (κ2) is 7.92. The molecule has 0 bridgehead atoms. The molecular weight excluding hydrogens is 406 g/mol. The van der Waals surface area contributed by atoms with Crippen LogP contribution in [0.3, 0.4) is 0 Å². The number of aryl methyl sites for hydroxylation is 1. The van der Waals surface area contributed by atoms with Crippen molar-refractivity contribution < 1.29 is 13.9 Å². The van der Waals surface area contributed by atoms with Crippen molar-refractivity contribution in [2.24, 2.45) is 0 Å². The fraction of sp³-hybridized carbons (Fsp3) is 0.200. The molecule has 5 rings (SSSR count). The predicted molar refractivity (Wildman–Crippen MR) is 120 cm³/mol. The van der Waals surface area contributed by atoms with Crippen molar-refractivity contribution in [3.05, 3.63) is 93.6 Å². The number of ether oxygens (including phenoxy) is 1. The van der Waals surface area contributed by atoms with E-state index in [4.69, 9.17) is 9.15 Å². The molecule has 1 amide bonds. The summed E-state index contributed by atoms with van der Waals surface area (Å²) < 4.78 is 11.8. The fourth-order valence-electron chi connectivity index (χ4n) is 4.02. The van der Waals surface area contributed by atoms with Gasteiger partial charge in [-0.25, -0.2) is 9.97 Å². The average Bonchev–Trinajstić information content (AvgIpc) is 3.11. The molecule has 3 heterocycles. The highest BCUT2D eigenvalue weighted by Gasteiger charge is 2.45. The summed E-state index contributed by atoms with van der Waals surface area (Å²) in [6, 6.07) is 13.7. The third-order valence-electron chi connectivity index (χ3n) is 5.44. The van der Waals surface area contributed by atoms with Gasteiger partial charge in [0.1, 0.15) is 11.3 Å². The molecule has 0 aliphatic carbocycles. The first kappa shape index (κ1) is 19.9. The van der Waals surface area contributed by atoms with E-state index in [0.29, 0.717) is 23.3 Å². The zero-order chi connectivity index (χ0) is 22.2. The first-order chi connectivity index (χ1) is 15.6.